The summed E-state index contributed by atoms with van der Waals surface area (Å²) in [6, 6.07) is 0.0425. The number of carbonyl (C=O) groups is 2. The Kier molecular flexibility index (Phi) is 6.43. The molecule has 9 heteroatoms. The van der Waals surface area contributed by atoms with Gasteiger partial charge in [0.15, 0.2) is 5.69 Å². The van der Waals surface area contributed by atoms with Gasteiger partial charge in [-0.05, 0) is 51.6 Å². The molecule has 26 heavy (non-hydrogen) atoms. The monoisotopic (exact) mass is 364 g/mol. The summed E-state index contributed by atoms with van der Waals surface area (Å²) in [7, 11) is 0. The van der Waals surface area contributed by atoms with Gasteiger partial charge in [-0.3, -0.25) is 9.48 Å². The largest absolute Gasteiger partial charge is 0.450 e. The third-order valence-electron chi connectivity index (χ3n) is 4.97. The lowest BCUT2D eigenvalue weighted by molar-refractivity contribution is 0.0856. The number of aromatic nitrogens is 3. The van der Waals surface area contributed by atoms with Gasteiger partial charge in [0.05, 0.1) is 12.8 Å². The predicted molar refractivity (Wildman–Crippen MR) is 94.7 cm³/mol. The molecule has 0 saturated carbocycles. The standard InChI is InChI=1S/C17H28N6O3/c1-2-26-17(25)22-8-5-14(6-9-22)19-16(24)15-12-23(21-20-15)11-13-4-3-7-18-10-13/h12-14,18H,2-11H2,1H3,(H,19,24). The molecule has 0 aliphatic carbocycles. The molecule has 0 bridgehead atoms. The van der Waals surface area contributed by atoms with E-state index in [1.165, 1.54) is 12.8 Å². The summed E-state index contributed by atoms with van der Waals surface area (Å²) >= 11 is 0. The lowest BCUT2D eigenvalue weighted by atomic mass is 10.00. The van der Waals surface area contributed by atoms with Crippen molar-refractivity contribution in [3.05, 3.63) is 11.9 Å². The van der Waals surface area contributed by atoms with Crippen LogP contribution in [0.15, 0.2) is 6.20 Å². The Balaban J connectivity index is 1.44. The van der Waals surface area contributed by atoms with E-state index in [-0.39, 0.29) is 18.0 Å². The van der Waals surface area contributed by atoms with Gasteiger partial charge in [0.1, 0.15) is 0 Å². The highest BCUT2D eigenvalue weighted by molar-refractivity contribution is 5.92. The summed E-state index contributed by atoms with van der Waals surface area (Å²) in [6.45, 7) is 6.20. The minimum atomic E-state index is -0.280. The molecule has 0 radical (unpaired) electrons. The molecule has 1 atom stereocenters. The third kappa shape index (κ3) is 4.94. The van der Waals surface area contributed by atoms with E-state index in [2.05, 4.69) is 20.9 Å². The quantitative estimate of drug-likeness (QED) is 0.795. The second kappa shape index (κ2) is 8.98. The number of carbonyl (C=O) groups excluding carboxylic acids is 2. The zero-order chi connectivity index (χ0) is 18.4. The maximum Gasteiger partial charge on any atom is 0.409 e. The number of likely N-dealkylation sites (tertiary alicyclic amines) is 1. The van der Waals surface area contributed by atoms with Gasteiger partial charge in [0.2, 0.25) is 0 Å². The summed E-state index contributed by atoms with van der Waals surface area (Å²) in [5, 5.41) is 14.5. The predicted octanol–water partition coefficient (Wildman–Crippen LogP) is 0.628. The van der Waals surface area contributed by atoms with E-state index >= 15 is 0 Å². The summed E-state index contributed by atoms with van der Waals surface area (Å²) in [4.78, 5) is 25.8. The first-order valence-corrected chi connectivity index (χ1v) is 9.49. The molecule has 9 nitrogen and oxygen atoms in total. The van der Waals surface area contributed by atoms with Crippen molar-refractivity contribution >= 4 is 12.0 Å². The van der Waals surface area contributed by atoms with Gasteiger partial charge >= 0.3 is 6.09 Å². The van der Waals surface area contributed by atoms with Crippen LogP contribution in [0.5, 0.6) is 0 Å². The molecule has 1 aromatic heterocycles. The molecule has 2 amide bonds. The Labute approximate surface area is 153 Å². The Hall–Kier alpha value is -2.16. The van der Waals surface area contributed by atoms with Gasteiger partial charge in [-0.25, -0.2) is 4.79 Å². The van der Waals surface area contributed by atoms with Gasteiger partial charge < -0.3 is 20.3 Å². The van der Waals surface area contributed by atoms with Crippen molar-refractivity contribution in [1.29, 1.82) is 0 Å². The molecular formula is C17H28N6O3. The number of nitrogens with zero attached hydrogens (tertiary/aromatic N) is 4. The number of nitrogens with one attached hydrogen (secondary N) is 2. The SMILES string of the molecule is CCOC(=O)N1CCC(NC(=O)c2cn(CC3CCCNC3)nn2)CC1. The number of amides is 2. The fraction of sp³-hybridized carbons (Fsp3) is 0.765. The van der Waals surface area contributed by atoms with Crippen LogP contribution in [0.4, 0.5) is 4.79 Å². The second-order valence-corrected chi connectivity index (χ2v) is 6.97. The number of ether oxygens (including phenoxy) is 1. The van der Waals surface area contributed by atoms with Crippen LogP contribution < -0.4 is 10.6 Å². The molecule has 3 heterocycles. The van der Waals surface area contributed by atoms with Crippen molar-refractivity contribution in [3.8, 4) is 0 Å². The van der Waals surface area contributed by atoms with Gasteiger partial charge in [0.25, 0.3) is 5.91 Å². The topological polar surface area (TPSA) is 101 Å². The van der Waals surface area contributed by atoms with Crippen molar-refractivity contribution < 1.29 is 14.3 Å². The molecular weight excluding hydrogens is 336 g/mol. The van der Waals surface area contributed by atoms with Crippen molar-refractivity contribution in [2.45, 2.75) is 45.2 Å². The van der Waals surface area contributed by atoms with Crippen molar-refractivity contribution in [3.63, 3.8) is 0 Å². The van der Waals surface area contributed by atoms with Crippen molar-refractivity contribution in [2.75, 3.05) is 32.8 Å². The van der Waals surface area contributed by atoms with Crippen LogP contribution in [0.1, 0.15) is 43.1 Å². The van der Waals surface area contributed by atoms with E-state index in [0.29, 0.717) is 44.1 Å². The Morgan fingerprint density at radius 3 is 2.85 bits per heavy atom. The summed E-state index contributed by atoms with van der Waals surface area (Å²) < 4.78 is 6.77. The molecule has 1 unspecified atom stereocenters. The normalized spacial score (nSPS) is 21.4. The van der Waals surface area contributed by atoms with Crippen molar-refractivity contribution in [1.82, 2.24) is 30.5 Å². The van der Waals surface area contributed by atoms with E-state index in [9.17, 15) is 9.59 Å². The summed E-state index contributed by atoms with van der Waals surface area (Å²) in [5.41, 5.74) is 0.349. The zero-order valence-electron chi connectivity index (χ0n) is 15.3. The van der Waals surface area contributed by atoms with Crippen LogP contribution in [0.3, 0.4) is 0 Å². The second-order valence-electron chi connectivity index (χ2n) is 6.97. The molecule has 2 fully saturated rings. The molecule has 144 valence electrons. The first kappa shape index (κ1) is 18.6. The summed E-state index contributed by atoms with van der Waals surface area (Å²) in [5.74, 6) is 0.334. The molecule has 2 N–H and O–H groups in total. The lowest BCUT2D eigenvalue weighted by Crippen LogP contribution is -2.46. The zero-order valence-corrected chi connectivity index (χ0v) is 15.3. The summed E-state index contributed by atoms with van der Waals surface area (Å²) in [6.07, 6.45) is 5.22. The average molecular weight is 364 g/mol. The average Bonchev–Trinajstić information content (AvgIpc) is 3.12. The maximum absolute atomic E-state index is 12.4. The van der Waals surface area contributed by atoms with Gasteiger partial charge in [0, 0.05) is 25.7 Å². The molecule has 3 rings (SSSR count). The minimum absolute atomic E-state index is 0.0425. The first-order chi connectivity index (χ1) is 12.7. The van der Waals surface area contributed by atoms with Crippen LogP contribution >= 0.6 is 0 Å². The molecule has 0 aromatic carbocycles. The van der Waals surface area contributed by atoms with E-state index in [4.69, 9.17) is 4.74 Å². The fourth-order valence-electron chi connectivity index (χ4n) is 3.52. The van der Waals surface area contributed by atoms with Crippen LogP contribution in [-0.4, -0.2) is 70.7 Å². The van der Waals surface area contributed by atoms with Gasteiger partial charge in [-0.2, -0.15) is 0 Å². The highest BCUT2D eigenvalue weighted by Crippen LogP contribution is 2.13. The van der Waals surface area contributed by atoms with Crippen molar-refractivity contribution in [2.24, 2.45) is 5.92 Å². The van der Waals surface area contributed by atoms with Crippen LogP contribution in [-0.2, 0) is 11.3 Å². The van der Waals surface area contributed by atoms with E-state index in [1.54, 1.807) is 22.7 Å². The molecule has 2 saturated heterocycles. The van der Waals surface area contributed by atoms with Gasteiger partial charge in [-0.1, -0.05) is 5.21 Å². The van der Waals surface area contributed by atoms with Crippen LogP contribution in [0.25, 0.3) is 0 Å². The highest BCUT2D eigenvalue weighted by atomic mass is 16.6. The number of rotatable bonds is 5. The number of piperidine rings is 2. The molecule has 2 aliphatic heterocycles. The fourth-order valence-corrected chi connectivity index (χ4v) is 3.52. The van der Waals surface area contributed by atoms with Crippen LogP contribution in [0.2, 0.25) is 0 Å². The smallest absolute Gasteiger partial charge is 0.409 e. The first-order valence-electron chi connectivity index (χ1n) is 9.49. The van der Waals surface area contributed by atoms with E-state index in [1.807, 2.05) is 0 Å². The molecule has 2 aliphatic rings. The van der Waals surface area contributed by atoms with E-state index < -0.39 is 0 Å². The maximum atomic E-state index is 12.4. The van der Waals surface area contributed by atoms with Gasteiger partial charge in [-0.15, -0.1) is 5.10 Å². The molecule has 1 aromatic rings. The van der Waals surface area contributed by atoms with Crippen LogP contribution in [0, 0.1) is 5.92 Å². The number of hydrogen-bond acceptors (Lipinski definition) is 6. The Bertz CT molecular complexity index is 605. The third-order valence-corrected chi connectivity index (χ3v) is 4.97. The molecule has 0 spiro atoms. The Morgan fingerprint density at radius 2 is 2.15 bits per heavy atom. The Morgan fingerprint density at radius 1 is 1.35 bits per heavy atom. The number of hydrogen-bond donors (Lipinski definition) is 2. The van der Waals surface area contributed by atoms with E-state index in [0.717, 1.165) is 19.6 Å². The minimum Gasteiger partial charge on any atom is -0.450 e. The highest BCUT2D eigenvalue weighted by Gasteiger charge is 2.25. The lowest BCUT2D eigenvalue weighted by Gasteiger charge is -2.31.